The lowest BCUT2D eigenvalue weighted by molar-refractivity contribution is -0.116. The van der Waals surface area contributed by atoms with Crippen molar-refractivity contribution in [1.82, 2.24) is 9.71 Å². The van der Waals surface area contributed by atoms with Crippen molar-refractivity contribution >= 4 is 21.6 Å². The van der Waals surface area contributed by atoms with E-state index in [0.717, 1.165) is 11.1 Å². The van der Waals surface area contributed by atoms with Gasteiger partial charge in [-0.25, -0.2) is 13.1 Å². The number of benzene rings is 1. The van der Waals surface area contributed by atoms with Crippen molar-refractivity contribution in [3.05, 3.63) is 53.9 Å². The fraction of sp³-hybridized carbons (Fsp3) is 0.250. The molecule has 0 saturated heterocycles. The molecule has 7 heteroatoms. The maximum atomic E-state index is 12.5. The second-order valence-electron chi connectivity index (χ2n) is 5.50. The van der Waals surface area contributed by atoms with Gasteiger partial charge in [0.15, 0.2) is 0 Å². The van der Waals surface area contributed by atoms with Gasteiger partial charge >= 0.3 is 0 Å². The third kappa shape index (κ3) is 3.40. The number of nitrogens with one attached hydrogen (secondary N) is 2. The molecule has 0 saturated carbocycles. The van der Waals surface area contributed by atoms with Gasteiger partial charge in [0.2, 0.25) is 15.9 Å². The van der Waals surface area contributed by atoms with Crippen LogP contribution in [0.15, 0.2) is 47.6 Å². The number of fused-ring (bicyclic) bond motifs is 1. The van der Waals surface area contributed by atoms with E-state index < -0.39 is 10.0 Å². The van der Waals surface area contributed by atoms with Crippen LogP contribution in [0.3, 0.4) is 0 Å². The van der Waals surface area contributed by atoms with Gasteiger partial charge in [0.05, 0.1) is 4.90 Å². The lowest BCUT2D eigenvalue weighted by Gasteiger charge is -2.19. The number of anilines is 1. The fourth-order valence-corrected chi connectivity index (χ4v) is 3.81. The molecule has 0 unspecified atom stereocenters. The molecule has 1 aliphatic heterocycles. The van der Waals surface area contributed by atoms with E-state index in [1.807, 2.05) is 6.07 Å². The summed E-state index contributed by atoms with van der Waals surface area (Å²) >= 11 is 0. The number of sulfonamides is 1. The van der Waals surface area contributed by atoms with Crippen LogP contribution in [-0.4, -0.2) is 19.3 Å². The Morgan fingerprint density at radius 2 is 2.09 bits per heavy atom. The lowest BCUT2D eigenvalue weighted by Crippen LogP contribution is -2.27. The monoisotopic (exact) mass is 331 g/mol. The Bertz CT molecular complexity index is 835. The zero-order valence-electron chi connectivity index (χ0n) is 12.6. The molecule has 0 fully saturated rings. The van der Waals surface area contributed by atoms with E-state index in [0.29, 0.717) is 18.5 Å². The minimum atomic E-state index is -3.65. The highest BCUT2D eigenvalue weighted by Crippen LogP contribution is 2.26. The number of hydrogen-bond donors (Lipinski definition) is 2. The van der Waals surface area contributed by atoms with E-state index in [4.69, 9.17) is 0 Å². The number of aromatic nitrogens is 1. The van der Waals surface area contributed by atoms with Gasteiger partial charge in [0.25, 0.3) is 0 Å². The summed E-state index contributed by atoms with van der Waals surface area (Å²) in [5.41, 5.74) is 2.31. The van der Waals surface area contributed by atoms with Crippen LogP contribution in [0.4, 0.5) is 5.69 Å². The van der Waals surface area contributed by atoms with E-state index >= 15 is 0 Å². The van der Waals surface area contributed by atoms with Gasteiger partial charge in [-0.3, -0.25) is 9.78 Å². The van der Waals surface area contributed by atoms with E-state index in [9.17, 15) is 13.2 Å². The highest BCUT2D eigenvalue weighted by atomic mass is 32.2. The van der Waals surface area contributed by atoms with Gasteiger partial charge in [-0.2, -0.15) is 0 Å². The average Bonchev–Trinajstić information content (AvgIpc) is 2.54. The molecule has 0 bridgehead atoms. The molecule has 6 nitrogen and oxygen atoms in total. The van der Waals surface area contributed by atoms with Crippen molar-refractivity contribution in [1.29, 1.82) is 0 Å². The standard InChI is InChI=1S/C16H17N3O3S/c1-11(13-3-2-8-17-10-13)19-23(21,22)14-5-6-15-12(9-14)4-7-16(20)18-15/h2-3,5-6,8-11,19H,4,7H2,1H3,(H,18,20)/t11-/m0/s1. The molecule has 2 N–H and O–H groups in total. The quantitative estimate of drug-likeness (QED) is 0.897. The summed E-state index contributed by atoms with van der Waals surface area (Å²) in [4.78, 5) is 15.6. The lowest BCUT2D eigenvalue weighted by atomic mass is 10.0. The Morgan fingerprint density at radius 1 is 1.26 bits per heavy atom. The summed E-state index contributed by atoms with van der Waals surface area (Å²) in [5, 5.41) is 2.74. The van der Waals surface area contributed by atoms with Crippen molar-refractivity contribution in [2.75, 3.05) is 5.32 Å². The summed E-state index contributed by atoms with van der Waals surface area (Å²) in [6.45, 7) is 1.77. The number of aryl methyl sites for hydroxylation is 1. The second kappa shape index (κ2) is 6.10. The minimum Gasteiger partial charge on any atom is -0.326 e. The topological polar surface area (TPSA) is 88.2 Å². The van der Waals surface area contributed by atoms with Crippen LogP contribution >= 0.6 is 0 Å². The first-order chi connectivity index (χ1) is 11.0. The summed E-state index contributed by atoms with van der Waals surface area (Å²) < 4.78 is 27.7. The van der Waals surface area contributed by atoms with Crippen LogP contribution in [0.2, 0.25) is 0 Å². The van der Waals surface area contributed by atoms with Gasteiger partial charge in [-0.05, 0) is 48.7 Å². The van der Waals surface area contributed by atoms with Gasteiger partial charge in [-0.1, -0.05) is 6.07 Å². The minimum absolute atomic E-state index is 0.0450. The first kappa shape index (κ1) is 15.6. The molecule has 1 atom stereocenters. The predicted molar refractivity (Wildman–Crippen MR) is 86.4 cm³/mol. The van der Waals surface area contributed by atoms with E-state index in [2.05, 4.69) is 15.0 Å². The van der Waals surface area contributed by atoms with Crippen LogP contribution in [0.1, 0.15) is 30.5 Å². The van der Waals surface area contributed by atoms with Crippen LogP contribution in [0.25, 0.3) is 0 Å². The third-order valence-electron chi connectivity index (χ3n) is 3.80. The highest BCUT2D eigenvalue weighted by molar-refractivity contribution is 7.89. The number of rotatable bonds is 4. The molecule has 120 valence electrons. The molecule has 1 aliphatic rings. The van der Waals surface area contributed by atoms with E-state index in [1.54, 1.807) is 37.5 Å². The fourth-order valence-electron chi connectivity index (χ4n) is 2.53. The normalized spacial score (nSPS) is 15.6. The predicted octanol–water partition coefficient (Wildman–Crippen LogP) is 2.01. The maximum absolute atomic E-state index is 12.5. The van der Waals surface area contributed by atoms with Crippen molar-refractivity contribution in [3.8, 4) is 0 Å². The molecule has 3 rings (SSSR count). The summed E-state index contributed by atoms with van der Waals surface area (Å²) in [6.07, 6.45) is 4.19. The number of carbonyl (C=O) groups excluding carboxylic acids is 1. The molecule has 0 aliphatic carbocycles. The Balaban J connectivity index is 1.84. The number of amides is 1. The van der Waals surface area contributed by atoms with Gasteiger partial charge in [0, 0.05) is 30.5 Å². The zero-order chi connectivity index (χ0) is 16.4. The average molecular weight is 331 g/mol. The zero-order valence-corrected chi connectivity index (χ0v) is 13.4. The van der Waals surface area contributed by atoms with E-state index in [1.165, 1.54) is 6.07 Å². The molecular weight excluding hydrogens is 314 g/mol. The Labute approximate surface area is 135 Å². The van der Waals surface area contributed by atoms with Crippen molar-refractivity contribution in [2.45, 2.75) is 30.7 Å². The Kier molecular flexibility index (Phi) is 4.14. The van der Waals surface area contributed by atoms with Crippen LogP contribution in [0.5, 0.6) is 0 Å². The van der Waals surface area contributed by atoms with Crippen LogP contribution < -0.4 is 10.0 Å². The first-order valence-corrected chi connectivity index (χ1v) is 8.79. The molecule has 1 amide bonds. The molecule has 2 heterocycles. The highest BCUT2D eigenvalue weighted by Gasteiger charge is 2.22. The molecular formula is C16H17N3O3S. The van der Waals surface area contributed by atoms with Crippen molar-refractivity contribution in [3.63, 3.8) is 0 Å². The van der Waals surface area contributed by atoms with Gasteiger partial charge in [0.1, 0.15) is 0 Å². The maximum Gasteiger partial charge on any atom is 0.241 e. The van der Waals surface area contributed by atoms with Crippen molar-refractivity contribution < 1.29 is 13.2 Å². The van der Waals surface area contributed by atoms with Gasteiger partial charge in [-0.15, -0.1) is 0 Å². The summed E-state index contributed by atoms with van der Waals surface area (Å²) in [6, 6.07) is 7.96. The molecule has 0 spiro atoms. The Hall–Kier alpha value is -2.25. The largest absolute Gasteiger partial charge is 0.326 e. The SMILES string of the molecule is C[C@H](NS(=O)(=O)c1ccc2c(c1)CCC(=O)N2)c1cccnc1. The Morgan fingerprint density at radius 3 is 2.83 bits per heavy atom. The number of pyridine rings is 1. The van der Waals surface area contributed by atoms with Crippen LogP contribution in [0, 0.1) is 0 Å². The second-order valence-corrected chi connectivity index (χ2v) is 7.21. The third-order valence-corrected chi connectivity index (χ3v) is 5.34. The number of carbonyl (C=O) groups is 1. The molecule has 23 heavy (non-hydrogen) atoms. The molecule has 1 aromatic carbocycles. The summed E-state index contributed by atoms with van der Waals surface area (Å²) in [7, 11) is -3.65. The van der Waals surface area contributed by atoms with Crippen LogP contribution in [-0.2, 0) is 21.2 Å². The number of hydrogen-bond acceptors (Lipinski definition) is 4. The van der Waals surface area contributed by atoms with E-state index in [-0.39, 0.29) is 16.8 Å². The molecule has 1 aromatic heterocycles. The number of nitrogens with zero attached hydrogens (tertiary/aromatic N) is 1. The smallest absolute Gasteiger partial charge is 0.241 e. The molecule has 2 aromatic rings. The first-order valence-electron chi connectivity index (χ1n) is 7.31. The summed E-state index contributed by atoms with van der Waals surface area (Å²) in [5.74, 6) is -0.0450. The van der Waals surface area contributed by atoms with Gasteiger partial charge < -0.3 is 5.32 Å². The van der Waals surface area contributed by atoms with Crippen molar-refractivity contribution in [2.24, 2.45) is 0 Å². The molecule has 0 radical (unpaired) electrons.